The molecule has 0 aromatic rings. The minimum atomic E-state index is -2.64. The van der Waals surface area contributed by atoms with Crippen LogP contribution in [0, 0.1) is 0 Å². The summed E-state index contributed by atoms with van der Waals surface area (Å²) in [5.74, 6) is 0. The van der Waals surface area contributed by atoms with Crippen molar-refractivity contribution in [2.75, 3.05) is 0 Å². The zero-order valence-corrected chi connectivity index (χ0v) is 18.0. The van der Waals surface area contributed by atoms with Crippen LogP contribution >= 0.6 is 5.02 Å². The van der Waals surface area contributed by atoms with Gasteiger partial charge < -0.3 is 0 Å². The molecule has 0 aliphatic heterocycles. The van der Waals surface area contributed by atoms with E-state index >= 15 is 0 Å². The summed E-state index contributed by atoms with van der Waals surface area (Å²) in [6.07, 6.45) is 22.7. The van der Waals surface area contributed by atoms with Gasteiger partial charge in [-0.05, 0) is 0 Å². The molecule has 0 unspecified atom stereocenters. The standard InChI is InChI=1S/C18H34OP.C3H5.Pd/c19-20(16-10-4-1-5-11-16,17-12-6-2-7-13-17)18-14-8-3-9-15-18;1-3-2;/h16-19H,1-15H2;3H,1-2H2;/q+1;;-1. The Morgan fingerprint density at radius 1 is 0.708 bits per heavy atom. The average molecular weight is 445 g/mol. The Morgan fingerprint density at radius 2 is 1.04 bits per heavy atom. The average Bonchev–Trinajstić information content (AvgIpc) is 2.68. The van der Waals surface area contributed by atoms with Crippen molar-refractivity contribution in [1.82, 2.24) is 0 Å². The van der Waals surface area contributed by atoms with Crippen molar-refractivity contribution in [1.29, 1.82) is 0 Å². The van der Waals surface area contributed by atoms with Gasteiger partial charge >= 0.3 is 158 Å². The first-order valence-electron chi connectivity index (χ1n) is 10.6. The molecule has 0 bridgehead atoms. The number of allylic oxidation sites excluding steroid dienone is 1. The van der Waals surface area contributed by atoms with Crippen LogP contribution in [0.15, 0.2) is 12.7 Å². The summed E-state index contributed by atoms with van der Waals surface area (Å²) in [5, 5.41) is -2.64. The van der Waals surface area contributed by atoms with Gasteiger partial charge in [-0.1, -0.05) is 0 Å². The van der Waals surface area contributed by atoms with Crippen LogP contribution in [0.25, 0.3) is 0 Å². The van der Waals surface area contributed by atoms with Crippen LogP contribution in [0.3, 0.4) is 0 Å². The Kier molecular flexibility index (Phi) is 7.05. The van der Waals surface area contributed by atoms with Crippen molar-refractivity contribution in [2.45, 2.75) is 118 Å². The second kappa shape index (κ2) is 8.65. The second-order valence-corrected chi connectivity index (χ2v) is 19.7. The van der Waals surface area contributed by atoms with E-state index in [1.165, 1.54) is 96.3 Å². The first-order valence-corrected chi connectivity index (χ1v) is 16.0. The minimum absolute atomic E-state index is 0.557. The summed E-state index contributed by atoms with van der Waals surface area (Å²) in [4.78, 5) is 14.2. The summed E-state index contributed by atoms with van der Waals surface area (Å²) >= 11 is 0.557. The van der Waals surface area contributed by atoms with E-state index in [4.69, 9.17) is 0 Å². The van der Waals surface area contributed by atoms with E-state index in [1.807, 2.05) is 0 Å². The van der Waals surface area contributed by atoms with Gasteiger partial charge in [-0.15, -0.1) is 0 Å². The molecular formula is C21H39OPPd. The molecule has 1 N–H and O–H groups in total. The monoisotopic (exact) mass is 444 g/mol. The van der Waals surface area contributed by atoms with Crippen molar-refractivity contribution in [2.24, 2.45) is 0 Å². The molecular weight excluding hydrogens is 406 g/mol. The maximum atomic E-state index is 13.1. The van der Waals surface area contributed by atoms with Crippen molar-refractivity contribution in [3.8, 4) is 0 Å². The Bertz CT molecular complexity index is 358. The Labute approximate surface area is 158 Å². The molecule has 3 heteroatoms. The molecule has 3 fully saturated rings. The van der Waals surface area contributed by atoms with Gasteiger partial charge in [-0.3, -0.25) is 0 Å². The molecule has 3 aliphatic carbocycles. The molecule has 3 rings (SSSR count). The van der Waals surface area contributed by atoms with Gasteiger partial charge in [-0.2, -0.15) is 0 Å². The molecule has 0 radical (unpaired) electrons. The number of hydrogen-bond donors (Lipinski definition) is 1. The fraction of sp³-hybridized carbons (Fsp3) is 0.905. The van der Waals surface area contributed by atoms with Crippen LogP contribution in [0.1, 0.15) is 96.3 Å². The molecule has 144 valence electrons. The van der Waals surface area contributed by atoms with Crippen molar-refractivity contribution in [3.05, 3.63) is 12.7 Å². The van der Waals surface area contributed by atoms with E-state index in [2.05, 4.69) is 12.7 Å². The third-order valence-electron chi connectivity index (χ3n) is 7.19. The molecule has 3 aliphatic rings. The van der Waals surface area contributed by atoms with Crippen LogP contribution in [0.4, 0.5) is 0 Å². The zero-order valence-electron chi connectivity index (χ0n) is 15.5. The third kappa shape index (κ3) is 3.61. The summed E-state index contributed by atoms with van der Waals surface area (Å²) in [7, 11) is 0. The fourth-order valence-electron chi connectivity index (χ4n) is 6.03. The van der Waals surface area contributed by atoms with Gasteiger partial charge in [0.25, 0.3) is 0 Å². The molecule has 0 heterocycles. The summed E-state index contributed by atoms with van der Waals surface area (Å²) in [6.45, 7) is 4.05. The molecule has 1 nitrogen and oxygen atoms in total. The van der Waals surface area contributed by atoms with Gasteiger partial charge in [0.05, 0.1) is 0 Å². The quantitative estimate of drug-likeness (QED) is 0.264. The predicted molar refractivity (Wildman–Crippen MR) is 105 cm³/mol. The van der Waals surface area contributed by atoms with Gasteiger partial charge in [-0.25, -0.2) is 0 Å². The SMILES string of the molecule is C=C[CH2][Pd][P](O)(C1CCCCC1)(C1CCCCC1)C1CCCCC1. The Hall–Kier alpha value is 0.792. The molecule has 0 aromatic carbocycles. The third-order valence-corrected chi connectivity index (χ3v) is 23.1. The van der Waals surface area contributed by atoms with Crippen LogP contribution in [0.5, 0.6) is 0 Å². The maximum absolute atomic E-state index is 13.1. The first-order chi connectivity index (χ1) is 11.7. The molecule has 0 amide bonds. The predicted octanol–water partition coefficient (Wildman–Crippen LogP) is 7.05. The summed E-state index contributed by atoms with van der Waals surface area (Å²) in [5.41, 5.74) is 2.10. The summed E-state index contributed by atoms with van der Waals surface area (Å²) < 4.78 is 0. The van der Waals surface area contributed by atoms with Gasteiger partial charge in [0.1, 0.15) is 0 Å². The van der Waals surface area contributed by atoms with Crippen LogP contribution in [0.2, 0.25) is 4.89 Å². The van der Waals surface area contributed by atoms with E-state index in [9.17, 15) is 4.89 Å². The first kappa shape index (κ1) is 19.6. The van der Waals surface area contributed by atoms with E-state index in [0.29, 0.717) is 34.5 Å². The molecule has 0 spiro atoms. The topological polar surface area (TPSA) is 20.2 Å². The van der Waals surface area contributed by atoms with Crippen molar-refractivity contribution in [3.63, 3.8) is 0 Å². The molecule has 0 aromatic heterocycles. The molecule has 0 atom stereocenters. The van der Waals surface area contributed by atoms with Crippen LogP contribution < -0.4 is 0 Å². The normalized spacial score (nSPS) is 27.6. The molecule has 3 saturated carbocycles. The van der Waals surface area contributed by atoms with E-state index in [1.54, 1.807) is 0 Å². The van der Waals surface area contributed by atoms with Crippen molar-refractivity contribution < 1.29 is 22.4 Å². The summed E-state index contributed by atoms with van der Waals surface area (Å²) in [6, 6.07) is 0. The zero-order chi connectivity index (χ0) is 16.9. The van der Waals surface area contributed by atoms with Crippen LogP contribution in [-0.2, 0) is 17.5 Å². The van der Waals surface area contributed by atoms with Crippen molar-refractivity contribution >= 4 is 5.02 Å². The van der Waals surface area contributed by atoms with E-state index in [-0.39, 0.29) is 0 Å². The van der Waals surface area contributed by atoms with Gasteiger partial charge in [0, 0.05) is 0 Å². The van der Waals surface area contributed by atoms with Crippen LogP contribution in [-0.4, -0.2) is 21.9 Å². The van der Waals surface area contributed by atoms with E-state index < -0.39 is 5.02 Å². The Morgan fingerprint density at radius 3 is 1.33 bits per heavy atom. The van der Waals surface area contributed by atoms with Gasteiger partial charge in [0.2, 0.25) is 0 Å². The molecule has 0 saturated heterocycles. The number of rotatable bonds is 6. The second-order valence-electron chi connectivity index (χ2n) is 8.50. The van der Waals surface area contributed by atoms with Gasteiger partial charge in [0.15, 0.2) is 0 Å². The fourth-order valence-corrected chi connectivity index (χ4v) is 22.4. The number of hydrogen-bond acceptors (Lipinski definition) is 1. The van der Waals surface area contributed by atoms with E-state index in [0.717, 1.165) is 4.89 Å². The molecule has 24 heavy (non-hydrogen) atoms. The Balaban J connectivity index is 2.00.